The van der Waals surface area contributed by atoms with Gasteiger partial charge in [0, 0.05) is 12.2 Å². The first-order valence-electron chi connectivity index (χ1n) is 7.64. The molecule has 9 heteroatoms. The van der Waals surface area contributed by atoms with Gasteiger partial charge in [0.25, 0.3) is 0 Å². The largest absolute Gasteiger partial charge is 0.420 e. The zero-order chi connectivity index (χ0) is 16.4. The Labute approximate surface area is 142 Å². The summed E-state index contributed by atoms with van der Waals surface area (Å²) < 4.78 is 12.7. The Balaban J connectivity index is 1.43. The number of ether oxygens (including phenoxy) is 1. The van der Waals surface area contributed by atoms with E-state index in [-0.39, 0.29) is 6.10 Å². The Bertz CT molecular complexity index is 812. The number of nitrogen functional groups attached to an aromatic ring is 1. The smallest absolute Gasteiger partial charge is 0.247 e. The number of nitrogens with two attached hydrogens (primary N) is 1. The predicted octanol–water partition coefficient (Wildman–Crippen LogP) is 2.19. The van der Waals surface area contributed by atoms with E-state index >= 15 is 0 Å². The van der Waals surface area contributed by atoms with Gasteiger partial charge in [-0.15, -0.1) is 20.4 Å². The molecule has 0 aliphatic carbocycles. The van der Waals surface area contributed by atoms with E-state index in [9.17, 15) is 0 Å². The standard InChI is InChI=1S/C15H16N6O2S/c16-21-13(11-7-4-8-22-11)18-20-15(21)24-9-12-17-19-14(23-12)10-5-2-1-3-6-10/h1-3,5-6,11H,4,7-9,16H2/t11-/m0/s1. The molecule has 8 nitrogen and oxygen atoms in total. The van der Waals surface area contributed by atoms with Gasteiger partial charge in [0.2, 0.25) is 16.9 Å². The first kappa shape index (κ1) is 15.2. The highest BCUT2D eigenvalue weighted by Crippen LogP contribution is 2.29. The quantitative estimate of drug-likeness (QED) is 0.555. The fraction of sp³-hybridized carbons (Fsp3) is 0.333. The lowest BCUT2D eigenvalue weighted by Crippen LogP contribution is -2.16. The van der Waals surface area contributed by atoms with Crippen LogP contribution in [0.1, 0.15) is 30.7 Å². The van der Waals surface area contributed by atoms with Crippen molar-refractivity contribution in [3.8, 4) is 11.5 Å². The zero-order valence-electron chi connectivity index (χ0n) is 12.8. The maximum atomic E-state index is 6.07. The van der Waals surface area contributed by atoms with Crippen LogP contribution in [0.25, 0.3) is 11.5 Å². The van der Waals surface area contributed by atoms with Gasteiger partial charge in [-0.25, -0.2) is 4.68 Å². The second-order valence-electron chi connectivity index (χ2n) is 5.37. The average molecular weight is 344 g/mol. The highest BCUT2D eigenvalue weighted by Gasteiger charge is 2.24. The van der Waals surface area contributed by atoms with Crippen LogP contribution in [-0.2, 0) is 10.5 Å². The second-order valence-corrected chi connectivity index (χ2v) is 6.31. The van der Waals surface area contributed by atoms with Crippen LogP contribution in [0.3, 0.4) is 0 Å². The average Bonchev–Trinajstić information content (AvgIpc) is 3.35. The summed E-state index contributed by atoms with van der Waals surface area (Å²) in [6.07, 6.45) is 1.87. The Hall–Kier alpha value is -2.39. The first-order chi connectivity index (χ1) is 11.8. The summed E-state index contributed by atoms with van der Waals surface area (Å²) in [5, 5.41) is 17.0. The van der Waals surface area contributed by atoms with Crippen molar-refractivity contribution in [2.24, 2.45) is 0 Å². The molecule has 0 spiro atoms. The van der Waals surface area contributed by atoms with Crippen molar-refractivity contribution in [1.29, 1.82) is 0 Å². The van der Waals surface area contributed by atoms with E-state index in [1.807, 2.05) is 30.3 Å². The minimum atomic E-state index is -0.0649. The van der Waals surface area contributed by atoms with E-state index in [2.05, 4.69) is 20.4 Å². The van der Waals surface area contributed by atoms with Gasteiger partial charge in [0.1, 0.15) is 6.10 Å². The maximum Gasteiger partial charge on any atom is 0.247 e. The summed E-state index contributed by atoms with van der Waals surface area (Å²) in [7, 11) is 0. The Morgan fingerprint density at radius 2 is 2.04 bits per heavy atom. The number of rotatable bonds is 5. The summed E-state index contributed by atoms with van der Waals surface area (Å²) >= 11 is 1.40. The molecular formula is C15H16N6O2S. The van der Waals surface area contributed by atoms with Gasteiger partial charge in [-0.05, 0) is 25.0 Å². The van der Waals surface area contributed by atoms with Crippen molar-refractivity contribution in [3.63, 3.8) is 0 Å². The minimum Gasteiger partial charge on any atom is -0.420 e. The molecule has 124 valence electrons. The first-order valence-corrected chi connectivity index (χ1v) is 8.62. The van der Waals surface area contributed by atoms with E-state index in [0.29, 0.717) is 28.5 Å². The van der Waals surface area contributed by atoms with Crippen LogP contribution in [0.2, 0.25) is 0 Å². The third-order valence-corrected chi connectivity index (χ3v) is 4.65. The van der Waals surface area contributed by atoms with Gasteiger partial charge in [-0.2, -0.15) is 0 Å². The van der Waals surface area contributed by atoms with Gasteiger partial charge in [-0.1, -0.05) is 30.0 Å². The summed E-state index contributed by atoms with van der Waals surface area (Å²) in [6.45, 7) is 0.740. The maximum absolute atomic E-state index is 6.07. The van der Waals surface area contributed by atoms with Crippen molar-refractivity contribution < 1.29 is 9.15 Å². The van der Waals surface area contributed by atoms with Gasteiger partial charge < -0.3 is 15.0 Å². The lowest BCUT2D eigenvalue weighted by molar-refractivity contribution is 0.103. The Kier molecular flexibility index (Phi) is 4.18. The van der Waals surface area contributed by atoms with Crippen LogP contribution < -0.4 is 5.84 Å². The molecule has 2 N–H and O–H groups in total. The molecule has 1 saturated heterocycles. The molecule has 0 unspecified atom stereocenters. The fourth-order valence-electron chi connectivity index (χ4n) is 2.52. The molecule has 0 saturated carbocycles. The minimum absolute atomic E-state index is 0.0649. The van der Waals surface area contributed by atoms with Crippen LogP contribution in [0, 0.1) is 0 Å². The molecule has 0 amide bonds. The predicted molar refractivity (Wildman–Crippen MR) is 87.4 cm³/mol. The summed E-state index contributed by atoms with van der Waals surface area (Å²) in [4.78, 5) is 0. The Morgan fingerprint density at radius 3 is 2.83 bits per heavy atom. The second kappa shape index (κ2) is 6.62. The number of thioether (sulfide) groups is 1. The summed E-state index contributed by atoms with van der Waals surface area (Å²) in [5.41, 5.74) is 0.893. The summed E-state index contributed by atoms with van der Waals surface area (Å²) in [5.74, 6) is 8.21. The number of nitrogens with zero attached hydrogens (tertiary/aromatic N) is 5. The van der Waals surface area contributed by atoms with Crippen LogP contribution in [-0.4, -0.2) is 31.7 Å². The van der Waals surface area contributed by atoms with E-state index in [1.165, 1.54) is 16.4 Å². The van der Waals surface area contributed by atoms with Crippen LogP contribution in [0.15, 0.2) is 39.9 Å². The monoisotopic (exact) mass is 344 g/mol. The van der Waals surface area contributed by atoms with E-state index < -0.39 is 0 Å². The number of hydrogen-bond donors (Lipinski definition) is 1. The fourth-order valence-corrected chi connectivity index (χ4v) is 3.22. The molecule has 1 aliphatic rings. The highest BCUT2D eigenvalue weighted by molar-refractivity contribution is 7.98. The lowest BCUT2D eigenvalue weighted by Gasteiger charge is -2.08. The molecule has 1 atom stereocenters. The van der Waals surface area contributed by atoms with Crippen molar-refractivity contribution in [3.05, 3.63) is 42.0 Å². The molecular weight excluding hydrogens is 328 g/mol. The molecule has 0 radical (unpaired) electrons. The number of hydrogen-bond acceptors (Lipinski definition) is 8. The molecule has 2 aromatic heterocycles. The van der Waals surface area contributed by atoms with Crippen molar-refractivity contribution in [1.82, 2.24) is 25.1 Å². The molecule has 3 aromatic rings. The Morgan fingerprint density at radius 1 is 1.17 bits per heavy atom. The molecule has 0 bridgehead atoms. The number of aromatic nitrogens is 5. The number of benzene rings is 1. The summed E-state index contributed by atoms with van der Waals surface area (Å²) in [6, 6.07) is 9.65. The van der Waals surface area contributed by atoms with Crippen LogP contribution >= 0.6 is 11.8 Å². The van der Waals surface area contributed by atoms with Crippen molar-refractivity contribution >= 4 is 11.8 Å². The van der Waals surface area contributed by atoms with Gasteiger partial charge in [-0.3, -0.25) is 0 Å². The van der Waals surface area contributed by atoms with Crippen molar-refractivity contribution in [2.45, 2.75) is 29.9 Å². The van der Waals surface area contributed by atoms with Gasteiger partial charge in [0.05, 0.1) is 5.75 Å². The topological polar surface area (TPSA) is 105 Å². The van der Waals surface area contributed by atoms with E-state index in [1.54, 1.807) is 0 Å². The third-order valence-electron chi connectivity index (χ3n) is 3.72. The molecule has 24 heavy (non-hydrogen) atoms. The van der Waals surface area contributed by atoms with Gasteiger partial charge >= 0.3 is 0 Å². The van der Waals surface area contributed by atoms with Gasteiger partial charge in [0.15, 0.2) is 5.82 Å². The highest BCUT2D eigenvalue weighted by atomic mass is 32.2. The molecule has 1 aromatic carbocycles. The SMILES string of the molecule is Nn1c(SCc2nnc(-c3ccccc3)o2)nnc1[C@@H]1CCCO1. The molecule has 1 fully saturated rings. The molecule has 1 aliphatic heterocycles. The van der Waals surface area contributed by atoms with Crippen molar-refractivity contribution in [2.75, 3.05) is 12.4 Å². The lowest BCUT2D eigenvalue weighted by atomic mass is 10.2. The molecule has 3 heterocycles. The van der Waals surface area contributed by atoms with Crippen LogP contribution in [0.4, 0.5) is 0 Å². The van der Waals surface area contributed by atoms with Crippen LogP contribution in [0.5, 0.6) is 0 Å². The zero-order valence-corrected chi connectivity index (χ0v) is 13.6. The van der Waals surface area contributed by atoms with E-state index in [0.717, 1.165) is 25.0 Å². The normalized spacial score (nSPS) is 17.4. The molecule has 4 rings (SSSR count). The van der Waals surface area contributed by atoms with E-state index in [4.69, 9.17) is 15.0 Å². The third kappa shape index (κ3) is 3.00.